The Morgan fingerprint density at radius 1 is 1.27 bits per heavy atom. The van der Waals surface area contributed by atoms with Crippen LogP contribution in [0.4, 0.5) is 8.78 Å². The smallest absolute Gasteiger partial charge is 0.252 e. The summed E-state index contributed by atoms with van der Waals surface area (Å²) in [6.07, 6.45) is -0.0282. The maximum absolute atomic E-state index is 12.2. The summed E-state index contributed by atoms with van der Waals surface area (Å²) in [5.74, 6) is -2.68. The van der Waals surface area contributed by atoms with Gasteiger partial charge in [0.2, 0.25) is 5.91 Å². The lowest BCUT2D eigenvalue weighted by Gasteiger charge is -2.35. The van der Waals surface area contributed by atoms with Crippen LogP contribution in [0.15, 0.2) is 0 Å². The number of carbonyl (C=O) groups is 1. The van der Waals surface area contributed by atoms with Gasteiger partial charge in [-0.2, -0.15) is 0 Å². The van der Waals surface area contributed by atoms with Crippen molar-refractivity contribution in [3.05, 3.63) is 0 Å². The molecule has 1 aliphatic carbocycles. The average molecular weight is 223 g/mol. The standard InChI is InChI=1S/C7H11F2NO.2C2H6/c1-2-6(11)10-5-3-7(8,9)4-5;2*1-2/h5H,2-4H2,1H3,(H,10,11);2*1-2H3. The molecule has 0 spiro atoms. The van der Waals surface area contributed by atoms with Crippen molar-refractivity contribution in [2.45, 2.75) is 65.8 Å². The second kappa shape index (κ2) is 8.62. The Balaban J connectivity index is 0. The van der Waals surface area contributed by atoms with Gasteiger partial charge in [0.1, 0.15) is 0 Å². The van der Waals surface area contributed by atoms with E-state index in [1.165, 1.54) is 0 Å². The molecular formula is C11H23F2NO. The summed E-state index contributed by atoms with van der Waals surface area (Å²) in [7, 11) is 0. The topological polar surface area (TPSA) is 29.1 Å². The molecule has 0 aliphatic heterocycles. The molecule has 1 aliphatic rings. The molecule has 0 unspecified atom stereocenters. The van der Waals surface area contributed by atoms with Gasteiger partial charge in [0, 0.05) is 25.3 Å². The molecular weight excluding hydrogens is 200 g/mol. The Morgan fingerprint density at radius 3 is 1.93 bits per heavy atom. The van der Waals surface area contributed by atoms with Crippen molar-refractivity contribution in [2.75, 3.05) is 0 Å². The van der Waals surface area contributed by atoms with Crippen molar-refractivity contribution in [1.82, 2.24) is 5.32 Å². The number of rotatable bonds is 2. The van der Waals surface area contributed by atoms with E-state index < -0.39 is 5.92 Å². The van der Waals surface area contributed by atoms with Crippen molar-refractivity contribution in [1.29, 1.82) is 0 Å². The molecule has 0 atom stereocenters. The molecule has 1 fully saturated rings. The normalized spacial score (nSPS) is 17.3. The predicted molar refractivity (Wildman–Crippen MR) is 59.1 cm³/mol. The Labute approximate surface area is 91.4 Å². The van der Waals surface area contributed by atoms with Crippen LogP contribution in [0.1, 0.15) is 53.9 Å². The molecule has 1 amide bonds. The van der Waals surface area contributed by atoms with Gasteiger partial charge >= 0.3 is 0 Å². The third-order valence-corrected chi connectivity index (χ3v) is 1.78. The molecule has 2 nitrogen and oxygen atoms in total. The second-order valence-electron chi connectivity index (χ2n) is 2.88. The summed E-state index contributed by atoms with van der Waals surface area (Å²) >= 11 is 0. The third kappa shape index (κ3) is 7.28. The van der Waals surface area contributed by atoms with Crippen molar-refractivity contribution in [3.8, 4) is 0 Å². The van der Waals surface area contributed by atoms with Crippen LogP contribution in [0, 0.1) is 0 Å². The fourth-order valence-corrected chi connectivity index (χ4v) is 1.09. The predicted octanol–water partition coefficient (Wildman–Crippen LogP) is 3.36. The quantitative estimate of drug-likeness (QED) is 0.764. The highest BCUT2D eigenvalue weighted by molar-refractivity contribution is 5.75. The largest absolute Gasteiger partial charge is 0.353 e. The number of halogens is 2. The first-order valence-corrected chi connectivity index (χ1v) is 5.71. The van der Waals surface area contributed by atoms with Gasteiger partial charge in [-0.05, 0) is 0 Å². The number of hydrogen-bond acceptors (Lipinski definition) is 1. The highest BCUT2D eigenvalue weighted by atomic mass is 19.3. The van der Waals surface area contributed by atoms with Crippen molar-refractivity contribution < 1.29 is 13.6 Å². The molecule has 0 aromatic heterocycles. The SMILES string of the molecule is CC.CC.CCC(=O)NC1CC(F)(F)C1. The molecule has 0 heterocycles. The van der Waals surface area contributed by atoms with Crippen LogP contribution < -0.4 is 5.32 Å². The lowest BCUT2D eigenvalue weighted by molar-refractivity contribution is -0.128. The fourth-order valence-electron chi connectivity index (χ4n) is 1.09. The average Bonchev–Trinajstić information content (AvgIpc) is 2.21. The zero-order valence-electron chi connectivity index (χ0n) is 10.4. The fraction of sp³-hybridized carbons (Fsp3) is 0.909. The van der Waals surface area contributed by atoms with Crippen LogP contribution in [0.25, 0.3) is 0 Å². The molecule has 0 aromatic carbocycles. The number of carbonyl (C=O) groups excluding carboxylic acids is 1. The van der Waals surface area contributed by atoms with Gasteiger partial charge in [-0.1, -0.05) is 34.6 Å². The zero-order valence-corrected chi connectivity index (χ0v) is 10.4. The van der Waals surface area contributed by atoms with Crippen LogP contribution in [0.5, 0.6) is 0 Å². The minimum Gasteiger partial charge on any atom is -0.353 e. The van der Waals surface area contributed by atoms with E-state index in [-0.39, 0.29) is 24.8 Å². The highest BCUT2D eigenvalue weighted by Gasteiger charge is 2.45. The lowest BCUT2D eigenvalue weighted by atomic mass is 9.88. The van der Waals surface area contributed by atoms with Crippen LogP contribution in [0.2, 0.25) is 0 Å². The molecule has 0 bridgehead atoms. The minimum atomic E-state index is -2.54. The first kappa shape index (κ1) is 16.7. The van der Waals surface area contributed by atoms with E-state index in [0.29, 0.717) is 6.42 Å². The van der Waals surface area contributed by atoms with E-state index in [1.54, 1.807) is 6.92 Å². The van der Waals surface area contributed by atoms with Gasteiger partial charge in [-0.25, -0.2) is 8.78 Å². The monoisotopic (exact) mass is 223 g/mol. The first-order valence-electron chi connectivity index (χ1n) is 5.71. The van der Waals surface area contributed by atoms with E-state index in [2.05, 4.69) is 5.32 Å². The number of alkyl halides is 2. The summed E-state index contributed by atoms with van der Waals surface area (Å²) in [5, 5.41) is 2.50. The number of amides is 1. The summed E-state index contributed by atoms with van der Waals surface area (Å²) in [5.41, 5.74) is 0. The van der Waals surface area contributed by atoms with Gasteiger partial charge in [-0.3, -0.25) is 4.79 Å². The number of hydrogen-bond donors (Lipinski definition) is 1. The van der Waals surface area contributed by atoms with Crippen molar-refractivity contribution in [2.24, 2.45) is 0 Å². The molecule has 1 rings (SSSR count). The van der Waals surface area contributed by atoms with Crippen LogP contribution in [-0.4, -0.2) is 17.9 Å². The maximum atomic E-state index is 12.2. The van der Waals surface area contributed by atoms with Gasteiger partial charge in [0.05, 0.1) is 0 Å². The van der Waals surface area contributed by atoms with Gasteiger partial charge in [0.15, 0.2) is 0 Å². The van der Waals surface area contributed by atoms with Crippen molar-refractivity contribution >= 4 is 5.91 Å². The molecule has 0 radical (unpaired) electrons. The summed E-state index contributed by atoms with van der Waals surface area (Å²) in [6, 6.07) is -0.294. The molecule has 1 N–H and O–H groups in total. The minimum absolute atomic E-state index is 0.148. The van der Waals surface area contributed by atoms with Crippen molar-refractivity contribution in [3.63, 3.8) is 0 Å². The Bertz CT molecular complexity index is 164. The summed E-state index contributed by atoms with van der Waals surface area (Å²) in [6.45, 7) is 9.70. The number of nitrogens with one attached hydrogen (secondary N) is 1. The Morgan fingerprint density at radius 2 is 1.67 bits per heavy atom. The lowest BCUT2D eigenvalue weighted by Crippen LogP contribution is -2.50. The van der Waals surface area contributed by atoms with Gasteiger partial charge in [0.25, 0.3) is 5.92 Å². The van der Waals surface area contributed by atoms with Gasteiger partial charge < -0.3 is 5.32 Å². The highest BCUT2D eigenvalue weighted by Crippen LogP contribution is 2.37. The second-order valence-corrected chi connectivity index (χ2v) is 2.88. The van der Waals surface area contributed by atoms with E-state index in [4.69, 9.17) is 0 Å². The zero-order chi connectivity index (χ0) is 12.5. The Kier molecular flexibility index (Phi) is 9.63. The molecule has 1 saturated carbocycles. The van der Waals surface area contributed by atoms with Gasteiger partial charge in [-0.15, -0.1) is 0 Å². The van der Waals surface area contributed by atoms with E-state index in [9.17, 15) is 13.6 Å². The van der Waals surface area contributed by atoms with Crippen LogP contribution in [0.3, 0.4) is 0 Å². The van der Waals surface area contributed by atoms with E-state index >= 15 is 0 Å². The molecule has 0 saturated heterocycles. The van der Waals surface area contributed by atoms with Crippen LogP contribution in [-0.2, 0) is 4.79 Å². The Hall–Kier alpha value is -0.670. The summed E-state index contributed by atoms with van der Waals surface area (Å²) < 4.78 is 24.4. The van der Waals surface area contributed by atoms with E-state index in [1.807, 2.05) is 27.7 Å². The summed E-state index contributed by atoms with van der Waals surface area (Å²) in [4.78, 5) is 10.7. The van der Waals surface area contributed by atoms with E-state index in [0.717, 1.165) is 0 Å². The molecule has 92 valence electrons. The molecule has 0 aromatic rings. The van der Waals surface area contributed by atoms with Crippen LogP contribution >= 0.6 is 0 Å². The maximum Gasteiger partial charge on any atom is 0.252 e. The third-order valence-electron chi connectivity index (χ3n) is 1.78. The molecule has 15 heavy (non-hydrogen) atoms. The first-order chi connectivity index (χ1) is 7.03. The molecule has 4 heteroatoms.